The summed E-state index contributed by atoms with van der Waals surface area (Å²) in [5.74, 6) is 4.42. The third-order valence-corrected chi connectivity index (χ3v) is 3.61. The van der Waals surface area contributed by atoms with E-state index in [0.29, 0.717) is 5.56 Å². The Morgan fingerprint density at radius 1 is 0.900 bits per heavy atom. The minimum absolute atomic E-state index is 0.0371. The summed E-state index contributed by atoms with van der Waals surface area (Å²) in [7, 11) is 0. The van der Waals surface area contributed by atoms with E-state index < -0.39 is 17.7 Å². The maximum absolute atomic E-state index is 14.3. The summed E-state index contributed by atoms with van der Waals surface area (Å²) in [5.41, 5.74) is 5.58. The molecule has 2 aromatic rings. The molecule has 1 atom stereocenters. The fraction of sp³-hybridized carbons (Fsp3) is 0.250. The molecule has 0 saturated carbocycles. The number of nitrogens with one attached hydrogen (secondary N) is 1. The lowest BCUT2D eigenvalue weighted by atomic mass is 9.90. The molecule has 0 aliphatic carbocycles. The summed E-state index contributed by atoms with van der Waals surface area (Å²) in [6.07, 6.45) is 0. The topological polar surface area (TPSA) is 38.0 Å². The molecule has 0 bridgehead atoms. The Bertz CT molecular complexity index is 618. The first-order chi connectivity index (χ1) is 9.47. The molecule has 0 amide bonds. The quantitative estimate of drug-likeness (QED) is 0.665. The summed E-state index contributed by atoms with van der Waals surface area (Å²) >= 11 is 0. The molecule has 20 heavy (non-hydrogen) atoms. The number of aryl methyl sites for hydroxylation is 3. The molecule has 0 aliphatic rings. The van der Waals surface area contributed by atoms with Crippen molar-refractivity contribution in [2.24, 2.45) is 5.84 Å². The molecule has 0 spiro atoms. The molecule has 106 valence electrons. The number of benzene rings is 2. The van der Waals surface area contributed by atoms with E-state index in [4.69, 9.17) is 5.84 Å². The Morgan fingerprint density at radius 3 is 2.05 bits per heavy atom. The van der Waals surface area contributed by atoms with Crippen molar-refractivity contribution in [2.75, 3.05) is 0 Å². The molecule has 0 aliphatic heterocycles. The van der Waals surface area contributed by atoms with E-state index in [-0.39, 0.29) is 5.56 Å². The Hall–Kier alpha value is -1.78. The lowest BCUT2D eigenvalue weighted by Crippen LogP contribution is -2.31. The minimum Gasteiger partial charge on any atom is -0.271 e. The zero-order chi connectivity index (χ0) is 14.9. The van der Waals surface area contributed by atoms with Crippen LogP contribution < -0.4 is 11.3 Å². The van der Waals surface area contributed by atoms with Crippen molar-refractivity contribution in [1.29, 1.82) is 0 Å². The maximum Gasteiger partial charge on any atom is 0.134 e. The second-order valence-electron chi connectivity index (χ2n) is 5.00. The van der Waals surface area contributed by atoms with Gasteiger partial charge in [0, 0.05) is 5.56 Å². The second-order valence-corrected chi connectivity index (χ2v) is 5.00. The van der Waals surface area contributed by atoms with Gasteiger partial charge in [-0.15, -0.1) is 0 Å². The Morgan fingerprint density at radius 2 is 1.50 bits per heavy atom. The molecule has 2 rings (SSSR count). The average molecular weight is 276 g/mol. The van der Waals surface area contributed by atoms with Crippen LogP contribution in [-0.2, 0) is 0 Å². The van der Waals surface area contributed by atoms with Gasteiger partial charge in [-0.25, -0.2) is 14.2 Å². The summed E-state index contributed by atoms with van der Waals surface area (Å²) in [4.78, 5) is 0. The smallest absolute Gasteiger partial charge is 0.134 e. The third kappa shape index (κ3) is 2.44. The van der Waals surface area contributed by atoms with Crippen LogP contribution in [0.4, 0.5) is 8.78 Å². The van der Waals surface area contributed by atoms with Crippen molar-refractivity contribution in [3.8, 4) is 0 Å². The van der Waals surface area contributed by atoms with E-state index in [0.717, 1.165) is 16.7 Å². The first-order valence-corrected chi connectivity index (χ1v) is 6.44. The van der Waals surface area contributed by atoms with Crippen molar-refractivity contribution in [3.63, 3.8) is 0 Å². The molecule has 0 radical (unpaired) electrons. The van der Waals surface area contributed by atoms with Crippen LogP contribution in [0.25, 0.3) is 0 Å². The molecule has 0 saturated heterocycles. The fourth-order valence-corrected chi connectivity index (χ4v) is 2.54. The van der Waals surface area contributed by atoms with Gasteiger partial charge in [-0.2, -0.15) is 0 Å². The highest BCUT2D eigenvalue weighted by Crippen LogP contribution is 2.31. The fourth-order valence-electron chi connectivity index (χ4n) is 2.54. The van der Waals surface area contributed by atoms with Crippen LogP contribution in [0.2, 0.25) is 0 Å². The van der Waals surface area contributed by atoms with Crippen LogP contribution in [0.3, 0.4) is 0 Å². The molecular weight excluding hydrogens is 258 g/mol. The van der Waals surface area contributed by atoms with E-state index in [1.54, 1.807) is 6.92 Å². The van der Waals surface area contributed by atoms with E-state index in [1.807, 2.05) is 32.0 Å². The lowest BCUT2D eigenvalue weighted by Gasteiger charge is -2.22. The summed E-state index contributed by atoms with van der Waals surface area (Å²) in [6.45, 7) is 5.41. The first kappa shape index (κ1) is 14.6. The van der Waals surface area contributed by atoms with Crippen molar-refractivity contribution in [3.05, 3.63) is 69.8 Å². The Labute approximate surface area is 117 Å². The highest BCUT2D eigenvalue weighted by molar-refractivity contribution is 5.43. The molecule has 2 nitrogen and oxygen atoms in total. The predicted octanol–water partition coefficient (Wildman–Crippen LogP) is 3.44. The van der Waals surface area contributed by atoms with Crippen LogP contribution in [0.5, 0.6) is 0 Å². The highest BCUT2D eigenvalue weighted by Gasteiger charge is 2.24. The van der Waals surface area contributed by atoms with Gasteiger partial charge in [-0.05, 0) is 49.1 Å². The van der Waals surface area contributed by atoms with Crippen LogP contribution >= 0.6 is 0 Å². The third-order valence-electron chi connectivity index (χ3n) is 3.61. The molecular formula is C16H18F2N2. The van der Waals surface area contributed by atoms with Gasteiger partial charge in [0.1, 0.15) is 11.6 Å². The van der Waals surface area contributed by atoms with E-state index in [2.05, 4.69) is 5.43 Å². The van der Waals surface area contributed by atoms with Gasteiger partial charge in [0.2, 0.25) is 0 Å². The molecule has 3 N–H and O–H groups in total. The van der Waals surface area contributed by atoms with Gasteiger partial charge >= 0.3 is 0 Å². The van der Waals surface area contributed by atoms with Gasteiger partial charge in [-0.3, -0.25) is 5.84 Å². The van der Waals surface area contributed by atoms with Gasteiger partial charge in [0.25, 0.3) is 0 Å². The summed E-state index contributed by atoms with van der Waals surface area (Å²) < 4.78 is 28.4. The minimum atomic E-state index is -0.712. The molecule has 0 fully saturated rings. The first-order valence-electron chi connectivity index (χ1n) is 6.44. The highest BCUT2D eigenvalue weighted by atomic mass is 19.1. The number of hydrogen-bond acceptors (Lipinski definition) is 2. The Kier molecular flexibility index (Phi) is 4.16. The molecule has 1 unspecified atom stereocenters. The van der Waals surface area contributed by atoms with Gasteiger partial charge < -0.3 is 0 Å². The van der Waals surface area contributed by atoms with Crippen LogP contribution in [0.1, 0.15) is 33.9 Å². The number of hydrazine groups is 1. The van der Waals surface area contributed by atoms with E-state index in [9.17, 15) is 8.78 Å². The van der Waals surface area contributed by atoms with Crippen LogP contribution in [0.15, 0.2) is 30.3 Å². The Balaban J connectivity index is 2.68. The molecule has 2 aromatic carbocycles. The normalized spacial score (nSPS) is 12.5. The summed E-state index contributed by atoms with van der Waals surface area (Å²) in [5, 5.41) is 0. The van der Waals surface area contributed by atoms with E-state index >= 15 is 0 Å². The number of nitrogens with two attached hydrogens (primary N) is 1. The molecule has 0 heterocycles. The average Bonchev–Trinajstić information content (AvgIpc) is 2.41. The standard InChI is InChI=1S/C16H18F2N2/c1-9-5-4-6-10(2)13(9)16(20-19)14-12(17)8-7-11(3)15(14)18/h4-8,16,20H,19H2,1-3H3. The maximum atomic E-state index is 14.3. The van der Waals surface area contributed by atoms with Crippen molar-refractivity contribution >= 4 is 0 Å². The zero-order valence-electron chi connectivity index (χ0n) is 11.8. The largest absolute Gasteiger partial charge is 0.271 e. The second kappa shape index (κ2) is 5.69. The molecule has 4 heteroatoms. The lowest BCUT2D eigenvalue weighted by molar-refractivity contribution is 0.505. The SMILES string of the molecule is Cc1ccc(F)c(C(NN)c2c(C)cccc2C)c1F. The van der Waals surface area contributed by atoms with E-state index in [1.165, 1.54) is 12.1 Å². The van der Waals surface area contributed by atoms with Crippen molar-refractivity contribution in [2.45, 2.75) is 26.8 Å². The monoisotopic (exact) mass is 276 g/mol. The predicted molar refractivity (Wildman–Crippen MR) is 76.2 cm³/mol. The van der Waals surface area contributed by atoms with Gasteiger partial charge in [-0.1, -0.05) is 24.3 Å². The molecule has 0 aromatic heterocycles. The number of hydrogen-bond donors (Lipinski definition) is 2. The van der Waals surface area contributed by atoms with Crippen molar-refractivity contribution < 1.29 is 8.78 Å². The zero-order valence-corrected chi connectivity index (χ0v) is 11.8. The summed E-state index contributed by atoms with van der Waals surface area (Å²) in [6, 6.07) is 7.69. The van der Waals surface area contributed by atoms with Gasteiger partial charge in [0.05, 0.1) is 6.04 Å². The number of halogens is 2. The van der Waals surface area contributed by atoms with Crippen LogP contribution in [-0.4, -0.2) is 0 Å². The van der Waals surface area contributed by atoms with Crippen LogP contribution in [0, 0.1) is 32.4 Å². The van der Waals surface area contributed by atoms with Crippen molar-refractivity contribution in [1.82, 2.24) is 5.43 Å². The van der Waals surface area contributed by atoms with Gasteiger partial charge in [0.15, 0.2) is 0 Å². The number of rotatable bonds is 3.